The minimum Gasteiger partial charge on any atom is -0.337 e. The van der Waals surface area contributed by atoms with E-state index in [0.717, 1.165) is 62.9 Å². The van der Waals surface area contributed by atoms with Crippen molar-refractivity contribution in [1.82, 2.24) is 25.3 Å². The molecule has 1 unspecified atom stereocenters. The summed E-state index contributed by atoms with van der Waals surface area (Å²) in [5.41, 5.74) is 6.64. The SMILES string of the molecule is O=C(c1n[nH]c2c1CCCC2)N1CCCC(c2[nH]ncc2Cc2ccccc2)C1. The maximum atomic E-state index is 13.2. The lowest BCUT2D eigenvalue weighted by molar-refractivity contribution is 0.0698. The van der Waals surface area contributed by atoms with Crippen LogP contribution in [0.2, 0.25) is 0 Å². The average Bonchev–Trinajstić information content (AvgIpc) is 3.41. The number of likely N-dealkylation sites (tertiary alicyclic amines) is 1. The van der Waals surface area contributed by atoms with E-state index in [0.29, 0.717) is 11.6 Å². The number of hydrogen-bond acceptors (Lipinski definition) is 3. The molecule has 2 aromatic heterocycles. The molecular weight excluding hydrogens is 362 g/mol. The van der Waals surface area contributed by atoms with Crippen LogP contribution in [0.25, 0.3) is 0 Å². The molecule has 0 spiro atoms. The minimum absolute atomic E-state index is 0.0817. The van der Waals surface area contributed by atoms with Gasteiger partial charge in [0, 0.05) is 42.4 Å². The van der Waals surface area contributed by atoms with Gasteiger partial charge in [-0.05, 0) is 49.7 Å². The molecule has 150 valence electrons. The van der Waals surface area contributed by atoms with Gasteiger partial charge in [-0.1, -0.05) is 30.3 Å². The molecule has 3 aromatic rings. The fourth-order valence-electron chi connectivity index (χ4n) is 4.84. The average molecular weight is 390 g/mol. The van der Waals surface area contributed by atoms with Crippen molar-refractivity contribution in [2.24, 2.45) is 0 Å². The molecule has 0 radical (unpaired) electrons. The zero-order valence-corrected chi connectivity index (χ0v) is 16.7. The van der Waals surface area contributed by atoms with E-state index in [1.807, 2.05) is 17.2 Å². The zero-order valence-electron chi connectivity index (χ0n) is 16.7. The van der Waals surface area contributed by atoms with Gasteiger partial charge in [-0.25, -0.2) is 0 Å². The third kappa shape index (κ3) is 3.59. The van der Waals surface area contributed by atoms with Crippen LogP contribution >= 0.6 is 0 Å². The molecule has 1 atom stereocenters. The molecule has 1 aromatic carbocycles. The van der Waals surface area contributed by atoms with Gasteiger partial charge in [0.25, 0.3) is 5.91 Å². The molecule has 1 aliphatic carbocycles. The van der Waals surface area contributed by atoms with Crippen molar-refractivity contribution in [3.8, 4) is 0 Å². The van der Waals surface area contributed by atoms with Crippen molar-refractivity contribution < 1.29 is 4.79 Å². The number of aromatic nitrogens is 4. The van der Waals surface area contributed by atoms with Gasteiger partial charge in [-0.2, -0.15) is 10.2 Å². The smallest absolute Gasteiger partial charge is 0.274 e. The van der Waals surface area contributed by atoms with Crippen molar-refractivity contribution in [2.75, 3.05) is 13.1 Å². The molecule has 1 saturated heterocycles. The van der Waals surface area contributed by atoms with Crippen LogP contribution < -0.4 is 0 Å². The highest BCUT2D eigenvalue weighted by Gasteiger charge is 2.31. The fourth-order valence-corrected chi connectivity index (χ4v) is 4.84. The van der Waals surface area contributed by atoms with Crippen LogP contribution in [0.1, 0.15) is 70.2 Å². The molecule has 2 N–H and O–H groups in total. The Bertz CT molecular complexity index is 990. The summed E-state index contributed by atoms with van der Waals surface area (Å²) in [6.45, 7) is 1.53. The minimum atomic E-state index is 0.0817. The number of rotatable bonds is 4. The molecule has 2 aliphatic rings. The molecule has 0 bridgehead atoms. The van der Waals surface area contributed by atoms with Crippen molar-refractivity contribution in [2.45, 2.75) is 50.9 Å². The summed E-state index contributed by atoms with van der Waals surface area (Å²) < 4.78 is 0. The summed E-state index contributed by atoms with van der Waals surface area (Å²) in [6.07, 6.45) is 9.18. The first kappa shape index (κ1) is 18.2. The molecule has 1 fully saturated rings. The second-order valence-corrected chi connectivity index (χ2v) is 8.30. The van der Waals surface area contributed by atoms with Crippen LogP contribution in [-0.2, 0) is 19.3 Å². The number of aromatic amines is 2. The lowest BCUT2D eigenvalue weighted by atomic mass is 9.90. The lowest BCUT2D eigenvalue weighted by Crippen LogP contribution is -2.40. The van der Waals surface area contributed by atoms with Crippen LogP contribution in [0.15, 0.2) is 36.5 Å². The quantitative estimate of drug-likeness (QED) is 0.715. The number of aryl methyl sites for hydroxylation is 1. The Morgan fingerprint density at radius 3 is 2.86 bits per heavy atom. The highest BCUT2D eigenvalue weighted by Crippen LogP contribution is 2.30. The molecule has 3 heterocycles. The monoisotopic (exact) mass is 389 g/mol. The van der Waals surface area contributed by atoms with Crippen molar-refractivity contribution in [3.05, 3.63) is 70.3 Å². The number of amides is 1. The van der Waals surface area contributed by atoms with Crippen LogP contribution in [0, 0.1) is 0 Å². The fraction of sp³-hybridized carbons (Fsp3) is 0.435. The molecule has 6 nitrogen and oxygen atoms in total. The van der Waals surface area contributed by atoms with Gasteiger partial charge in [0.2, 0.25) is 0 Å². The van der Waals surface area contributed by atoms with E-state index in [1.54, 1.807) is 0 Å². The number of carbonyl (C=O) groups excluding carboxylic acids is 1. The Balaban J connectivity index is 1.33. The molecule has 0 saturated carbocycles. The Morgan fingerprint density at radius 2 is 1.97 bits per heavy atom. The van der Waals surface area contributed by atoms with Gasteiger partial charge in [0.15, 0.2) is 5.69 Å². The molecule has 6 heteroatoms. The third-order valence-corrected chi connectivity index (χ3v) is 6.36. The van der Waals surface area contributed by atoms with Gasteiger partial charge in [-0.15, -0.1) is 0 Å². The van der Waals surface area contributed by atoms with Gasteiger partial charge < -0.3 is 4.90 Å². The molecule has 29 heavy (non-hydrogen) atoms. The summed E-state index contributed by atoms with van der Waals surface area (Å²) >= 11 is 0. The van der Waals surface area contributed by atoms with Crippen molar-refractivity contribution in [1.29, 1.82) is 0 Å². The highest BCUT2D eigenvalue weighted by atomic mass is 16.2. The molecule has 5 rings (SSSR count). The molecular formula is C23H27N5O. The summed E-state index contributed by atoms with van der Waals surface area (Å²) in [5, 5.41) is 15.1. The summed E-state index contributed by atoms with van der Waals surface area (Å²) in [7, 11) is 0. The van der Waals surface area contributed by atoms with Crippen LogP contribution in [0.3, 0.4) is 0 Å². The van der Waals surface area contributed by atoms with Crippen LogP contribution in [0.4, 0.5) is 0 Å². The summed E-state index contributed by atoms with van der Waals surface area (Å²) in [4.78, 5) is 15.2. The lowest BCUT2D eigenvalue weighted by Gasteiger charge is -2.32. The number of nitrogens with one attached hydrogen (secondary N) is 2. The van der Waals surface area contributed by atoms with E-state index in [1.165, 1.54) is 23.2 Å². The maximum absolute atomic E-state index is 13.2. The summed E-state index contributed by atoms with van der Waals surface area (Å²) in [6, 6.07) is 10.5. The Hall–Kier alpha value is -2.89. The van der Waals surface area contributed by atoms with Crippen LogP contribution in [0.5, 0.6) is 0 Å². The van der Waals surface area contributed by atoms with E-state index >= 15 is 0 Å². The predicted molar refractivity (Wildman–Crippen MR) is 111 cm³/mol. The normalized spacial score (nSPS) is 19.2. The third-order valence-electron chi connectivity index (χ3n) is 6.36. The number of carbonyl (C=O) groups is 1. The van der Waals surface area contributed by atoms with Crippen molar-refractivity contribution in [3.63, 3.8) is 0 Å². The van der Waals surface area contributed by atoms with Crippen molar-refractivity contribution >= 4 is 5.91 Å². The largest absolute Gasteiger partial charge is 0.337 e. The van der Waals surface area contributed by atoms with E-state index in [4.69, 9.17) is 0 Å². The number of fused-ring (bicyclic) bond motifs is 1. The zero-order chi connectivity index (χ0) is 19.6. The van der Waals surface area contributed by atoms with E-state index in [9.17, 15) is 4.79 Å². The number of hydrogen-bond donors (Lipinski definition) is 2. The van der Waals surface area contributed by atoms with Gasteiger partial charge in [0.05, 0.1) is 6.20 Å². The molecule has 1 aliphatic heterocycles. The number of piperidine rings is 1. The number of H-pyrrole nitrogens is 2. The highest BCUT2D eigenvalue weighted by molar-refractivity contribution is 5.94. The second kappa shape index (κ2) is 7.85. The van der Waals surface area contributed by atoms with E-state index in [-0.39, 0.29) is 5.91 Å². The van der Waals surface area contributed by atoms with E-state index < -0.39 is 0 Å². The van der Waals surface area contributed by atoms with Crippen LogP contribution in [-0.4, -0.2) is 44.3 Å². The van der Waals surface area contributed by atoms with E-state index in [2.05, 4.69) is 44.7 Å². The number of nitrogens with zero attached hydrogens (tertiary/aromatic N) is 3. The first-order valence-corrected chi connectivity index (χ1v) is 10.7. The standard InChI is InChI=1S/C23H27N5O/c29-23(22-19-10-4-5-11-20(19)25-27-22)28-12-6-9-17(15-28)21-18(14-24-26-21)13-16-7-2-1-3-8-16/h1-3,7-8,14,17H,4-6,9-13,15H2,(H,24,26)(H,25,27). The Morgan fingerprint density at radius 1 is 1.10 bits per heavy atom. The predicted octanol–water partition coefficient (Wildman–Crippen LogP) is 3.62. The second-order valence-electron chi connectivity index (χ2n) is 8.30. The Kier molecular flexibility index (Phi) is 4.92. The van der Waals surface area contributed by atoms with Gasteiger partial charge in [0.1, 0.15) is 0 Å². The first-order valence-electron chi connectivity index (χ1n) is 10.7. The number of benzene rings is 1. The summed E-state index contributed by atoms with van der Waals surface area (Å²) in [5.74, 6) is 0.377. The molecule has 1 amide bonds. The first-order chi connectivity index (χ1) is 14.3. The Labute approximate surface area is 170 Å². The van der Waals surface area contributed by atoms with Gasteiger partial charge in [-0.3, -0.25) is 15.0 Å². The maximum Gasteiger partial charge on any atom is 0.274 e. The van der Waals surface area contributed by atoms with Gasteiger partial charge >= 0.3 is 0 Å². The topological polar surface area (TPSA) is 77.7 Å².